The average Bonchev–Trinajstić information content (AvgIpc) is 2.41. The van der Waals surface area contributed by atoms with Crippen LogP contribution in [0.15, 0.2) is 12.3 Å². The lowest BCUT2D eigenvalue weighted by Gasteiger charge is -2.31. The Morgan fingerprint density at radius 3 is 2.83 bits per heavy atom. The summed E-state index contributed by atoms with van der Waals surface area (Å²) >= 11 is 0. The van der Waals surface area contributed by atoms with Crippen LogP contribution in [-0.4, -0.2) is 36.1 Å². The highest BCUT2D eigenvalue weighted by atomic mass is 15.3. The van der Waals surface area contributed by atoms with Crippen LogP contribution in [0.5, 0.6) is 0 Å². The van der Waals surface area contributed by atoms with Crippen molar-refractivity contribution >= 4 is 11.8 Å². The second-order valence-corrected chi connectivity index (χ2v) is 5.08. The van der Waals surface area contributed by atoms with E-state index in [1.165, 1.54) is 12.8 Å². The van der Waals surface area contributed by atoms with Crippen LogP contribution >= 0.6 is 0 Å². The van der Waals surface area contributed by atoms with E-state index < -0.39 is 0 Å². The average molecular weight is 248 g/mol. The second-order valence-electron chi connectivity index (χ2n) is 5.08. The maximum Gasteiger partial charge on any atom is 0.227 e. The summed E-state index contributed by atoms with van der Waals surface area (Å²) in [7, 11) is 0. The van der Waals surface area contributed by atoms with Crippen LogP contribution in [0.1, 0.15) is 33.6 Å². The molecule has 1 fully saturated rings. The van der Waals surface area contributed by atoms with Crippen molar-refractivity contribution in [3.8, 4) is 0 Å². The van der Waals surface area contributed by atoms with E-state index in [4.69, 9.17) is 4.98 Å². The number of anilines is 2. The predicted molar refractivity (Wildman–Crippen MR) is 76.2 cm³/mol. The maximum atomic E-state index is 4.71. The summed E-state index contributed by atoms with van der Waals surface area (Å²) in [6.07, 6.45) is 4.46. The fraction of sp³-hybridized carbons (Fsp3) is 0.714. The molecule has 1 saturated heterocycles. The molecular formula is C14H24N4. The second kappa shape index (κ2) is 6.03. The molecule has 1 aromatic rings. The number of hydrogen-bond donors (Lipinski definition) is 0. The van der Waals surface area contributed by atoms with Crippen molar-refractivity contribution < 1.29 is 0 Å². The molecule has 0 bridgehead atoms. The third kappa shape index (κ3) is 2.92. The Kier molecular flexibility index (Phi) is 4.39. The van der Waals surface area contributed by atoms with Gasteiger partial charge in [0.2, 0.25) is 5.95 Å². The highest BCUT2D eigenvalue weighted by Gasteiger charge is 2.19. The summed E-state index contributed by atoms with van der Waals surface area (Å²) < 4.78 is 0. The fourth-order valence-electron chi connectivity index (χ4n) is 2.59. The smallest absolute Gasteiger partial charge is 0.227 e. The minimum absolute atomic E-state index is 0.749. The molecule has 0 N–H and O–H groups in total. The van der Waals surface area contributed by atoms with Gasteiger partial charge in [-0.25, -0.2) is 4.98 Å². The summed E-state index contributed by atoms with van der Waals surface area (Å²) in [5, 5.41) is 0. The quantitative estimate of drug-likeness (QED) is 0.819. The summed E-state index contributed by atoms with van der Waals surface area (Å²) in [4.78, 5) is 13.7. The van der Waals surface area contributed by atoms with E-state index in [0.717, 1.165) is 43.9 Å². The van der Waals surface area contributed by atoms with Crippen LogP contribution in [0.3, 0.4) is 0 Å². The van der Waals surface area contributed by atoms with E-state index in [1.807, 2.05) is 12.3 Å². The monoisotopic (exact) mass is 248 g/mol. The first-order valence-electron chi connectivity index (χ1n) is 7.07. The maximum absolute atomic E-state index is 4.71. The molecule has 0 aliphatic carbocycles. The summed E-state index contributed by atoms with van der Waals surface area (Å²) in [6.45, 7) is 10.8. The molecule has 4 heteroatoms. The van der Waals surface area contributed by atoms with Crippen LogP contribution in [0.4, 0.5) is 11.8 Å². The van der Waals surface area contributed by atoms with Crippen molar-refractivity contribution in [1.82, 2.24) is 9.97 Å². The Morgan fingerprint density at radius 2 is 2.17 bits per heavy atom. The van der Waals surface area contributed by atoms with Gasteiger partial charge in [-0.3, -0.25) is 0 Å². The van der Waals surface area contributed by atoms with Gasteiger partial charge < -0.3 is 9.80 Å². The number of aromatic nitrogens is 2. The first-order chi connectivity index (χ1) is 8.74. The van der Waals surface area contributed by atoms with Gasteiger partial charge >= 0.3 is 0 Å². The molecule has 2 heterocycles. The largest absolute Gasteiger partial charge is 0.357 e. The molecule has 1 atom stereocenters. The lowest BCUT2D eigenvalue weighted by atomic mass is 10.0. The summed E-state index contributed by atoms with van der Waals surface area (Å²) in [6, 6.07) is 2.00. The molecule has 0 saturated carbocycles. The molecule has 0 spiro atoms. The molecule has 0 aromatic carbocycles. The van der Waals surface area contributed by atoms with Crippen molar-refractivity contribution in [1.29, 1.82) is 0 Å². The minimum Gasteiger partial charge on any atom is -0.357 e. The van der Waals surface area contributed by atoms with Crippen molar-refractivity contribution in [2.75, 3.05) is 36.0 Å². The van der Waals surface area contributed by atoms with Crippen LogP contribution in [0, 0.1) is 5.92 Å². The number of nitrogens with zero attached hydrogens (tertiary/aromatic N) is 4. The van der Waals surface area contributed by atoms with Crippen molar-refractivity contribution in [3.05, 3.63) is 12.3 Å². The van der Waals surface area contributed by atoms with Crippen LogP contribution in [0.25, 0.3) is 0 Å². The predicted octanol–water partition coefficient (Wildman–Crippen LogP) is 2.56. The Hall–Kier alpha value is -1.32. The zero-order chi connectivity index (χ0) is 13.0. The minimum atomic E-state index is 0.749. The highest BCUT2D eigenvalue weighted by Crippen LogP contribution is 2.21. The molecular weight excluding hydrogens is 224 g/mol. The van der Waals surface area contributed by atoms with Crippen molar-refractivity contribution in [2.24, 2.45) is 5.92 Å². The van der Waals surface area contributed by atoms with Gasteiger partial charge in [0, 0.05) is 32.4 Å². The van der Waals surface area contributed by atoms with Crippen LogP contribution < -0.4 is 9.80 Å². The summed E-state index contributed by atoms with van der Waals surface area (Å²) in [5.41, 5.74) is 0. The highest BCUT2D eigenvalue weighted by molar-refractivity contribution is 5.43. The SMILES string of the molecule is CCN(CC)c1ccnc(N2CCCC(C)C2)n1. The van der Waals surface area contributed by atoms with Gasteiger partial charge in [0.1, 0.15) is 5.82 Å². The molecule has 18 heavy (non-hydrogen) atoms. The standard InChI is InChI=1S/C14H24N4/c1-4-17(5-2)13-8-9-15-14(16-13)18-10-6-7-12(3)11-18/h8-9,12H,4-7,10-11H2,1-3H3. The van der Waals surface area contributed by atoms with Crippen molar-refractivity contribution in [2.45, 2.75) is 33.6 Å². The molecule has 100 valence electrons. The number of rotatable bonds is 4. The van der Waals surface area contributed by atoms with Crippen LogP contribution in [0.2, 0.25) is 0 Å². The molecule has 1 aliphatic rings. The molecule has 1 unspecified atom stereocenters. The molecule has 4 nitrogen and oxygen atoms in total. The third-order valence-electron chi connectivity index (χ3n) is 3.66. The zero-order valence-electron chi connectivity index (χ0n) is 11.8. The van der Waals surface area contributed by atoms with Gasteiger partial charge in [-0.1, -0.05) is 6.92 Å². The van der Waals surface area contributed by atoms with E-state index >= 15 is 0 Å². The zero-order valence-corrected chi connectivity index (χ0v) is 11.8. The third-order valence-corrected chi connectivity index (χ3v) is 3.66. The van der Waals surface area contributed by atoms with Gasteiger partial charge in [-0.05, 0) is 38.7 Å². The molecule has 1 aliphatic heterocycles. The van der Waals surface area contributed by atoms with Gasteiger partial charge in [0.15, 0.2) is 0 Å². The van der Waals surface area contributed by atoms with E-state index in [-0.39, 0.29) is 0 Å². The van der Waals surface area contributed by atoms with Crippen molar-refractivity contribution in [3.63, 3.8) is 0 Å². The van der Waals surface area contributed by atoms with Gasteiger partial charge in [-0.15, -0.1) is 0 Å². The van der Waals surface area contributed by atoms with E-state index in [0.29, 0.717) is 0 Å². The molecule has 0 radical (unpaired) electrons. The Bertz CT molecular complexity index is 376. The Labute approximate surface area is 110 Å². The van der Waals surface area contributed by atoms with Gasteiger partial charge in [-0.2, -0.15) is 4.98 Å². The first-order valence-corrected chi connectivity index (χ1v) is 7.07. The Balaban J connectivity index is 2.15. The van der Waals surface area contributed by atoms with Gasteiger partial charge in [0.25, 0.3) is 0 Å². The van der Waals surface area contributed by atoms with Gasteiger partial charge in [0.05, 0.1) is 0 Å². The Morgan fingerprint density at radius 1 is 1.39 bits per heavy atom. The molecule has 0 amide bonds. The number of hydrogen-bond acceptors (Lipinski definition) is 4. The van der Waals surface area contributed by atoms with E-state index in [1.54, 1.807) is 0 Å². The fourth-order valence-corrected chi connectivity index (χ4v) is 2.59. The molecule has 1 aromatic heterocycles. The molecule has 2 rings (SSSR count). The normalized spacial score (nSPS) is 19.9. The van der Waals surface area contributed by atoms with E-state index in [9.17, 15) is 0 Å². The lowest BCUT2D eigenvalue weighted by Crippen LogP contribution is -2.35. The van der Waals surface area contributed by atoms with E-state index in [2.05, 4.69) is 35.6 Å². The summed E-state index contributed by atoms with van der Waals surface area (Å²) in [5.74, 6) is 2.69. The first kappa shape index (κ1) is 13.1. The number of piperidine rings is 1. The topological polar surface area (TPSA) is 32.3 Å². The lowest BCUT2D eigenvalue weighted by molar-refractivity contribution is 0.442. The van der Waals surface area contributed by atoms with Crippen LogP contribution in [-0.2, 0) is 0 Å².